The summed E-state index contributed by atoms with van der Waals surface area (Å²) in [6, 6.07) is 12.3. The summed E-state index contributed by atoms with van der Waals surface area (Å²) >= 11 is 5.97. The molecule has 9 nitrogen and oxygen atoms in total. The summed E-state index contributed by atoms with van der Waals surface area (Å²) < 4.78 is 72.8. The van der Waals surface area contributed by atoms with Crippen LogP contribution in [0.3, 0.4) is 0 Å². The number of fused-ring (bicyclic) bond motifs is 3. The Kier molecular flexibility index (Phi) is 7.34. The molecule has 2 bridgehead atoms. The lowest BCUT2D eigenvalue weighted by atomic mass is 9.88. The van der Waals surface area contributed by atoms with E-state index in [0.717, 1.165) is 49.3 Å². The first kappa shape index (κ1) is 30.4. The molecule has 47 heavy (non-hydrogen) atoms. The van der Waals surface area contributed by atoms with Gasteiger partial charge in [-0.3, -0.25) is 9.88 Å². The number of rotatable bonds is 6. The highest BCUT2D eigenvalue weighted by Gasteiger charge is 2.44. The van der Waals surface area contributed by atoms with Crippen LogP contribution in [0, 0.1) is 5.82 Å². The number of halogens is 5. The zero-order chi connectivity index (χ0) is 32.5. The summed E-state index contributed by atoms with van der Waals surface area (Å²) in [6.07, 6.45) is -0.299. The van der Waals surface area contributed by atoms with Gasteiger partial charge in [0.15, 0.2) is 17.3 Å². The fourth-order valence-electron chi connectivity index (χ4n) is 7.25. The molecule has 14 heteroatoms. The average molecular weight is 671 g/mol. The van der Waals surface area contributed by atoms with Crippen LogP contribution in [0.4, 0.5) is 23.2 Å². The zero-order valence-corrected chi connectivity index (χ0v) is 26.1. The van der Waals surface area contributed by atoms with Crippen molar-refractivity contribution in [2.24, 2.45) is 0 Å². The molecule has 0 saturated carbocycles. The Morgan fingerprint density at radius 1 is 1.09 bits per heavy atom. The summed E-state index contributed by atoms with van der Waals surface area (Å²) in [5.74, 6) is -1.51. The number of benzene rings is 2. The van der Waals surface area contributed by atoms with Crippen LogP contribution >= 0.6 is 11.6 Å². The monoisotopic (exact) mass is 670 g/mol. The van der Waals surface area contributed by atoms with E-state index in [1.165, 1.54) is 6.07 Å². The number of pyridine rings is 1. The first-order valence-corrected chi connectivity index (χ1v) is 16.0. The van der Waals surface area contributed by atoms with E-state index in [0.29, 0.717) is 41.8 Å². The van der Waals surface area contributed by atoms with Crippen LogP contribution in [0.1, 0.15) is 54.7 Å². The number of hydrogen-bond acceptors (Lipinski definition) is 8. The van der Waals surface area contributed by atoms with Gasteiger partial charge in [0.2, 0.25) is 5.82 Å². The van der Waals surface area contributed by atoms with Crippen LogP contribution in [-0.4, -0.2) is 63.5 Å². The molecule has 3 atom stereocenters. The Balaban J connectivity index is 0.995. The van der Waals surface area contributed by atoms with Crippen molar-refractivity contribution in [1.29, 1.82) is 0 Å². The van der Waals surface area contributed by atoms with E-state index in [-0.39, 0.29) is 29.5 Å². The first-order valence-electron chi connectivity index (χ1n) is 15.6. The molecule has 2 aromatic heterocycles. The summed E-state index contributed by atoms with van der Waals surface area (Å²) in [6.45, 7) is 5.20. The number of likely N-dealkylation sites (tertiary alicyclic amines) is 1. The number of hydrogen-bond donors (Lipinski definition) is 1. The molecule has 6 heterocycles. The highest BCUT2D eigenvalue weighted by Crippen LogP contribution is 2.50. The third kappa shape index (κ3) is 5.57. The lowest BCUT2D eigenvalue weighted by Gasteiger charge is -2.35. The van der Waals surface area contributed by atoms with Crippen molar-refractivity contribution < 1.29 is 31.8 Å². The van der Waals surface area contributed by atoms with E-state index in [9.17, 15) is 17.6 Å². The largest absolute Gasteiger partial charge is 0.451 e. The summed E-state index contributed by atoms with van der Waals surface area (Å²) in [7, 11) is 0. The van der Waals surface area contributed by atoms with Crippen LogP contribution in [0.2, 0.25) is 5.02 Å². The summed E-state index contributed by atoms with van der Waals surface area (Å²) in [5, 5.41) is 7.34. The number of anilines is 1. The quantitative estimate of drug-likeness (QED) is 0.228. The maximum atomic E-state index is 14.9. The normalized spacial score (nSPS) is 24.4. The van der Waals surface area contributed by atoms with Crippen molar-refractivity contribution in [1.82, 2.24) is 25.1 Å². The molecule has 2 unspecified atom stereocenters. The second-order valence-electron chi connectivity index (χ2n) is 12.7. The molecule has 3 saturated heterocycles. The number of H-pyrrole nitrogens is 1. The molecular weight excluding hydrogens is 640 g/mol. The number of alkyl halides is 3. The molecule has 3 fully saturated rings. The smallest absolute Gasteiger partial charge is 0.444 e. The van der Waals surface area contributed by atoms with E-state index in [1.54, 1.807) is 25.3 Å². The van der Waals surface area contributed by atoms with Crippen molar-refractivity contribution in [2.75, 3.05) is 31.1 Å². The van der Waals surface area contributed by atoms with Crippen LogP contribution in [0.25, 0.3) is 11.4 Å². The van der Waals surface area contributed by atoms with Gasteiger partial charge in [0.1, 0.15) is 5.82 Å². The fourth-order valence-corrected chi connectivity index (χ4v) is 7.41. The number of para-hydroxylation sites is 1. The number of morpholine rings is 1. The van der Waals surface area contributed by atoms with Gasteiger partial charge in [0.05, 0.1) is 35.7 Å². The predicted octanol–water partition coefficient (Wildman–Crippen LogP) is 6.68. The van der Waals surface area contributed by atoms with Crippen molar-refractivity contribution in [2.45, 2.75) is 62.8 Å². The Morgan fingerprint density at radius 2 is 1.91 bits per heavy atom. The second kappa shape index (κ2) is 11.3. The van der Waals surface area contributed by atoms with Crippen molar-refractivity contribution in [3.63, 3.8) is 0 Å². The van der Waals surface area contributed by atoms with Gasteiger partial charge in [0.25, 0.3) is 5.79 Å². The van der Waals surface area contributed by atoms with Crippen molar-refractivity contribution in [3.8, 4) is 22.9 Å². The zero-order valence-electron chi connectivity index (χ0n) is 25.4. The SMILES string of the molecule is C[C@]1(c2ccc(Cl)cc2F)Oc2cccc(C3CCN(Cc4ncc(-c5nnc(C(F)(F)F)[nH]5)cc4N4CC5CC4CO5)CC3)c2O1. The lowest BCUT2D eigenvalue weighted by Crippen LogP contribution is -2.39. The van der Waals surface area contributed by atoms with Crippen LogP contribution in [-0.2, 0) is 23.2 Å². The Labute approximate surface area is 272 Å². The molecular formula is C33H31ClF4N6O3. The van der Waals surface area contributed by atoms with Gasteiger partial charge in [-0.25, -0.2) is 4.39 Å². The number of ether oxygens (including phenoxy) is 3. The van der Waals surface area contributed by atoms with Crippen LogP contribution in [0.15, 0.2) is 48.7 Å². The molecule has 8 rings (SSSR count). The van der Waals surface area contributed by atoms with Crippen LogP contribution in [0.5, 0.6) is 11.5 Å². The lowest BCUT2D eigenvalue weighted by molar-refractivity contribution is -0.144. The Hall–Kier alpha value is -3.94. The number of nitrogens with zero attached hydrogens (tertiary/aromatic N) is 5. The molecule has 1 N–H and O–H groups in total. The number of aromatic nitrogens is 4. The van der Waals surface area contributed by atoms with E-state index in [1.807, 2.05) is 24.3 Å². The topological polar surface area (TPSA) is 88.6 Å². The minimum absolute atomic E-state index is 0.0236. The highest BCUT2D eigenvalue weighted by molar-refractivity contribution is 6.30. The molecule has 4 aliphatic heterocycles. The highest BCUT2D eigenvalue weighted by atomic mass is 35.5. The van der Waals surface area contributed by atoms with Gasteiger partial charge < -0.3 is 24.1 Å². The molecule has 4 aromatic rings. The molecule has 4 aliphatic rings. The van der Waals surface area contributed by atoms with Gasteiger partial charge >= 0.3 is 6.18 Å². The first-order chi connectivity index (χ1) is 22.5. The van der Waals surface area contributed by atoms with E-state index >= 15 is 0 Å². The van der Waals surface area contributed by atoms with Gasteiger partial charge in [0, 0.05) is 42.4 Å². The second-order valence-corrected chi connectivity index (χ2v) is 13.1. The van der Waals surface area contributed by atoms with Gasteiger partial charge in [-0.05, 0) is 68.6 Å². The third-order valence-electron chi connectivity index (χ3n) is 9.62. The van der Waals surface area contributed by atoms with Gasteiger partial charge in [-0.15, -0.1) is 10.2 Å². The summed E-state index contributed by atoms with van der Waals surface area (Å²) in [4.78, 5) is 11.7. The third-order valence-corrected chi connectivity index (χ3v) is 9.85. The number of piperidine rings is 1. The Bertz CT molecular complexity index is 1830. The molecule has 0 amide bonds. The predicted molar refractivity (Wildman–Crippen MR) is 164 cm³/mol. The maximum absolute atomic E-state index is 14.9. The molecule has 0 aliphatic carbocycles. The maximum Gasteiger partial charge on any atom is 0.451 e. The van der Waals surface area contributed by atoms with E-state index < -0.39 is 23.6 Å². The molecule has 2 aromatic carbocycles. The average Bonchev–Trinajstić information content (AvgIpc) is 3.85. The van der Waals surface area contributed by atoms with E-state index in [4.69, 9.17) is 30.8 Å². The van der Waals surface area contributed by atoms with Gasteiger partial charge in [-0.1, -0.05) is 23.7 Å². The van der Waals surface area contributed by atoms with Crippen LogP contribution < -0.4 is 14.4 Å². The van der Waals surface area contributed by atoms with Crippen molar-refractivity contribution >= 4 is 17.3 Å². The molecule has 246 valence electrons. The summed E-state index contributed by atoms with van der Waals surface area (Å²) in [5.41, 5.74) is 3.48. The number of aromatic amines is 1. The van der Waals surface area contributed by atoms with Crippen molar-refractivity contribution in [3.05, 3.63) is 82.1 Å². The molecule has 0 radical (unpaired) electrons. The Morgan fingerprint density at radius 3 is 2.62 bits per heavy atom. The minimum Gasteiger partial charge on any atom is -0.444 e. The molecule has 0 spiro atoms. The fraction of sp³-hybridized carbons (Fsp3) is 0.424. The van der Waals surface area contributed by atoms with Gasteiger partial charge in [-0.2, -0.15) is 13.2 Å². The number of nitrogens with one attached hydrogen (secondary N) is 1. The van der Waals surface area contributed by atoms with E-state index in [2.05, 4.69) is 25.0 Å². The standard InChI is InChI=1S/C33H31ClF4N6O3/c1-32(24-6-5-20(34)12-25(24)35)46-28-4-2-3-23(29(28)47-32)18-7-9-43(10-8-18)16-26-27(44-15-22-13-21(44)17-45-22)11-19(14-39-26)30-40-31(42-41-30)33(36,37)38/h2-6,11-12,14,18,21-22H,7-10,13,15-17H2,1H3,(H,40,41,42)/t21?,22?,32-/m0/s1. The minimum atomic E-state index is -4.62.